The molecule has 1 saturated heterocycles. The van der Waals surface area contributed by atoms with Gasteiger partial charge in [0, 0.05) is 26.8 Å². The summed E-state index contributed by atoms with van der Waals surface area (Å²) < 4.78 is 10.3. The zero-order valence-electron chi connectivity index (χ0n) is 10.8. The number of ether oxygens (including phenoxy) is 2. The summed E-state index contributed by atoms with van der Waals surface area (Å²) >= 11 is 0. The third-order valence-corrected chi connectivity index (χ3v) is 3.02. The molecule has 1 aromatic rings. The van der Waals surface area contributed by atoms with Gasteiger partial charge in [-0.15, -0.1) is 0 Å². The van der Waals surface area contributed by atoms with E-state index in [9.17, 15) is 0 Å². The first kappa shape index (κ1) is 12.8. The van der Waals surface area contributed by atoms with Gasteiger partial charge in [-0.25, -0.2) is 0 Å². The van der Waals surface area contributed by atoms with Gasteiger partial charge in [0.25, 0.3) is 0 Å². The third-order valence-electron chi connectivity index (χ3n) is 3.02. The molecule has 0 aromatic carbocycles. The smallest absolute Gasteiger partial charge is 0.322 e. The summed E-state index contributed by atoms with van der Waals surface area (Å²) in [6.45, 7) is 2.55. The molecule has 1 aliphatic heterocycles. The highest BCUT2D eigenvalue weighted by atomic mass is 16.5. The quantitative estimate of drug-likeness (QED) is 0.827. The first-order valence-corrected chi connectivity index (χ1v) is 6.03. The summed E-state index contributed by atoms with van der Waals surface area (Å²) in [7, 11) is 3.46. The van der Waals surface area contributed by atoms with Crippen LogP contribution in [-0.2, 0) is 4.74 Å². The number of hydrogen-bond acceptors (Lipinski definition) is 7. The Morgan fingerprint density at radius 2 is 2.06 bits per heavy atom. The normalized spacial score (nSPS) is 16.6. The maximum atomic E-state index is 5.62. The van der Waals surface area contributed by atoms with Gasteiger partial charge in [-0.2, -0.15) is 15.0 Å². The molecule has 0 aliphatic carbocycles. The Bertz CT molecular complexity index is 395. The van der Waals surface area contributed by atoms with Crippen LogP contribution in [0.5, 0.6) is 6.01 Å². The number of methoxy groups -OCH3 is 1. The average Bonchev–Trinajstić information content (AvgIpc) is 2.39. The maximum absolute atomic E-state index is 5.62. The molecule has 0 spiro atoms. The minimum atomic E-state index is 0.177. The van der Waals surface area contributed by atoms with Crippen molar-refractivity contribution in [2.24, 2.45) is 5.92 Å². The molecule has 0 atom stereocenters. The van der Waals surface area contributed by atoms with E-state index >= 15 is 0 Å². The van der Waals surface area contributed by atoms with Crippen LogP contribution < -0.4 is 15.4 Å². The summed E-state index contributed by atoms with van der Waals surface area (Å²) in [5.41, 5.74) is 5.62. The van der Waals surface area contributed by atoms with Crippen molar-refractivity contribution in [1.29, 1.82) is 0 Å². The molecule has 7 nitrogen and oxygen atoms in total. The van der Waals surface area contributed by atoms with E-state index in [4.69, 9.17) is 15.2 Å². The van der Waals surface area contributed by atoms with Crippen LogP contribution in [-0.4, -0.2) is 48.9 Å². The maximum Gasteiger partial charge on any atom is 0.322 e. The largest absolute Gasteiger partial charge is 0.467 e. The standard InChI is InChI=1S/C11H19N5O2/c1-16(7-8-3-5-18-6-4-8)10-13-9(12)14-11(15-10)17-2/h8H,3-7H2,1-2H3,(H2,12,13,14,15). The molecule has 2 N–H and O–H groups in total. The highest BCUT2D eigenvalue weighted by Gasteiger charge is 2.18. The van der Waals surface area contributed by atoms with E-state index in [-0.39, 0.29) is 12.0 Å². The molecule has 0 radical (unpaired) electrons. The van der Waals surface area contributed by atoms with Crippen LogP contribution in [0.15, 0.2) is 0 Å². The van der Waals surface area contributed by atoms with Gasteiger partial charge in [-0.3, -0.25) is 0 Å². The lowest BCUT2D eigenvalue weighted by Crippen LogP contribution is -2.31. The van der Waals surface area contributed by atoms with Crippen molar-refractivity contribution in [1.82, 2.24) is 15.0 Å². The van der Waals surface area contributed by atoms with Gasteiger partial charge in [0.15, 0.2) is 0 Å². The van der Waals surface area contributed by atoms with Gasteiger partial charge < -0.3 is 20.1 Å². The van der Waals surface area contributed by atoms with Gasteiger partial charge in [0.05, 0.1) is 7.11 Å². The first-order valence-electron chi connectivity index (χ1n) is 6.03. The molecule has 18 heavy (non-hydrogen) atoms. The van der Waals surface area contributed by atoms with Crippen LogP contribution in [0, 0.1) is 5.92 Å². The zero-order valence-corrected chi connectivity index (χ0v) is 10.8. The molecule has 0 amide bonds. The molecule has 2 heterocycles. The molecule has 100 valence electrons. The van der Waals surface area contributed by atoms with Gasteiger partial charge in [-0.05, 0) is 18.8 Å². The predicted octanol–water partition coefficient (Wildman–Crippen LogP) is 0.325. The Kier molecular flexibility index (Phi) is 4.14. The summed E-state index contributed by atoms with van der Waals surface area (Å²) in [5.74, 6) is 1.33. The highest BCUT2D eigenvalue weighted by Crippen LogP contribution is 2.19. The number of aromatic nitrogens is 3. The highest BCUT2D eigenvalue weighted by molar-refractivity contribution is 5.35. The van der Waals surface area contributed by atoms with Crippen LogP contribution >= 0.6 is 0 Å². The molecular weight excluding hydrogens is 234 g/mol. The van der Waals surface area contributed by atoms with Gasteiger partial charge in [0.2, 0.25) is 11.9 Å². The van der Waals surface area contributed by atoms with E-state index in [2.05, 4.69) is 15.0 Å². The van der Waals surface area contributed by atoms with Crippen LogP contribution in [0.4, 0.5) is 11.9 Å². The van der Waals surface area contributed by atoms with Crippen molar-refractivity contribution in [2.75, 3.05) is 44.5 Å². The summed E-state index contributed by atoms with van der Waals surface area (Å²) in [6.07, 6.45) is 2.14. The molecule has 0 bridgehead atoms. The molecule has 1 fully saturated rings. The van der Waals surface area contributed by atoms with Crippen molar-refractivity contribution in [3.05, 3.63) is 0 Å². The number of nitrogens with two attached hydrogens (primary N) is 1. The number of nitrogen functional groups attached to an aromatic ring is 1. The Morgan fingerprint density at radius 3 is 2.72 bits per heavy atom. The lowest BCUT2D eigenvalue weighted by molar-refractivity contribution is 0.0684. The van der Waals surface area contributed by atoms with Crippen molar-refractivity contribution >= 4 is 11.9 Å². The fraction of sp³-hybridized carbons (Fsp3) is 0.727. The van der Waals surface area contributed by atoms with E-state index in [0.717, 1.165) is 32.6 Å². The first-order chi connectivity index (χ1) is 8.69. The van der Waals surface area contributed by atoms with E-state index < -0.39 is 0 Å². The molecule has 0 saturated carbocycles. The van der Waals surface area contributed by atoms with Crippen molar-refractivity contribution < 1.29 is 9.47 Å². The van der Waals surface area contributed by atoms with Gasteiger partial charge in [0.1, 0.15) is 0 Å². The van der Waals surface area contributed by atoms with Crippen molar-refractivity contribution in [3.63, 3.8) is 0 Å². The van der Waals surface area contributed by atoms with Crippen molar-refractivity contribution in [2.45, 2.75) is 12.8 Å². The zero-order chi connectivity index (χ0) is 13.0. The fourth-order valence-electron chi connectivity index (χ4n) is 2.02. The lowest BCUT2D eigenvalue weighted by atomic mass is 10.0. The van der Waals surface area contributed by atoms with E-state index in [1.165, 1.54) is 7.11 Å². The number of rotatable bonds is 4. The minimum absolute atomic E-state index is 0.177. The Labute approximate surface area is 106 Å². The average molecular weight is 253 g/mol. The van der Waals surface area contributed by atoms with E-state index in [0.29, 0.717) is 11.9 Å². The monoisotopic (exact) mass is 253 g/mol. The molecule has 2 rings (SSSR count). The lowest BCUT2D eigenvalue weighted by Gasteiger charge is -2.27. The summed E-state index contributed by atoms with van der Waals surface area (Å²) in [4.78, 5) is 14.2. The van der Waals surface area contributed by atoms with E-state index in [1.54, 1.807) is 0 Å². The second-order valence-electron chi connectivity index (χ2n) is 4.42. The van der Waals surface area contributed by atoms with Gasteiger partial charge in [-0.1, -0.05) is 0 Å². The number of hydrogen-bond donors (Lipinski definition) is 1. The second-order valence-corrected chi connectivity index (χ2v) is 4.42. The van der Waals surface area contributed by atoms with Crippen LogP contribution in [0.2, 0.25) is 0 Å². The number of nitrogens with zero attached hydrogens (tertiary/aromatic N) is 4. The molecule has 0 unspecified atom stereocenters. The molecule has 7 heteroatoms. The van der Waals surface area contributed by atoms with E-state index in [1.807, 2.05) is 11.9 Å². The molecule has 1 aromatic heterocycles. The Morgan fingerprint density at radius 1 is 1.33 bits per heavy atom. The molecule has 1 aliphatic rings. The van der Waals surface area contributed by atoms with Crippen LogP contribution in [0.3, 0.4) is 0 Å². The topological polar surface area (TPSA) is 86.4 Å². The minimum Gasteiger partial charge on any atom is -0.467 e. The van der Waals surface area contributed by atoms with Crippen LogP contribution in [0.25, 0.3) is 0 Å². The third kappa shape index (κ3) is 3.19. The van der Waals surface area contributed by atoms with Crippen molar-refractivity contribution in [3.8, 4) is 6.01 Å². The fourth-order valence-corrected chi connectivity index (χ4v) is 2.02. The Hall–Kier alpha value is -1.63. The Balaban J connectivity index is 2.02. The predicted molar refractivity (Wildman–Crippen MR) is 67.6 cm³/mol. The second kappa shape index (κ2) is 5.81. The SMILES string of the molecule is COc1nc(N)nc(N(C)CC2CCOCC2)n1. The van der Waals surface area contributed by atoms with Gasteiger partial charge >= 0.3 is 6.01 Å². The summed E-state index contributed by atoms with van der Waals surface area (Å²) in [6, 6.07) is 0.247. The molecular formula is C11H19N5O2. The number of anilines is 2. The van der Waals surface area contributed by atoms with Crippen LogP contribution in [0.1, 0.15) is 12.8 Å². The summed E-state index contributed by atoms with van der Waals surface area (Å²) in [5, 5.41) is 0.